The number of benzene rings is 1. The highest BCUT2D eigenvalue weighted by Gasteiger charge is 2.35. The summed E-state index contributed by atoms with van der Waals surface area (Å²) in [6, 6.07) is 10.3. The van der Waals surface area contributed by atoms with E-state index in [1.54, 1.807) is 15.7 Å². The van der Waals surface area contributed by atoms with Crippen molar-refractivity contribution in [3.05, 3.63) is 35.9 Å². The maximum absolute atomic E-state index is 12.9. The van der Waals surface area contributed by atoms with Gasteiger partial charge in [0.15, 0.2) is 0 Å². The highest BCUT2D eigenvalue weighted by atomic mass is 32.2. The van der Waals surface area contributed by atoms with Crippen LogP contribution >= 0.6 is 0 Å². The van der Waals surface area contributed by atoms with Crippen molar-refractivity contribution in [1.29, 1.82) is 0 Å². The second kappa shape index (κ2) is 8.60. The van der Waals surface area contributed by atoms with Crippen LogP contribution in [0.1, 0.15) is 18.4 Å². The van der Waals surface area contributed by atoms with Crippen molar-refractivity contribution in [2.75, 3.05) is 53.0 Å². The molecule has 140 valence electrons. The third-order valence-electron chi connectivity index (χ3n) is 5.12. The van der Waals surface area contributed by atoms with Gasteiger partial charge in [0.25, 0.3) is 10.2 Å². The van der Waals surface area contributed by atoms with Crippen LogP contribution in [0.3, 0.4) is 0 Å². The normalized spacial score (nSPS) is 24.4. The molecule has 2 aliphatic rings. The summed E-state index contributed by atoms with van der Waals surface area (Å²) in [7, 11) is -1.67. The molecule has 1 aromatic carbocycles. The number of methoxy groups -OCH3 is 1. The highest BCUT2D eigenvalue weighted by molar-refractivity contribution is 7.86. The van der Waals surface area contributed by atoms with E-state index in [1.807, 2.05) is 18.2 Å². The van der Waals surface area contributed by atoms with Crippen molar-refractivity contribution in [3.63, 3.8) is 0 Å². The Hall–Kier alpha value is -0.990. The molecule has 0 aliphatic carbocycles. The summed E-state index contributed by atoms with van der Waals surface area (Å²) in [5.41, 5.74) is 1.28. The Kier molecular flexibility index (Phi) is 6.46. The lowest BCUT2D eigenvalue weighted by Gasteiger charge is -2.39. The molecule has 2 fully saturated rings. The van der Waals surface area contributed by atoms with Gasteiger partial charge in [-0.15, -0.1) is 0 Å². The average Bonchev–Trinajstić information content (AvgIpc) is 2.64. The standard InChI is InChI=1S/C18H29N3O3S/c1-24-16-18-8-5-9-21(15-18)25(22,23)20-12-10-19(11-13-20)14-17-6-3-2-4-7-17/h2-4,6-7,18H,5,8-16H2,1H3. The number of ether oxygens (including phenoxy) is 1. The molecule has 0 N–H and O–H groups in total. The minimum absolute atomic E-state index is 0.313. The van der Waals surface area contributed by atoms with E-state index in [1.165, 1.54) is 5.56 Å². The number of hydrogen-bond acceptors (Lipinski definition) is 4. The Balaban J connectivity index is 1.54. The number of rotatable bonds is 6. The summed E-state index contributed by atoms with van der Waals surface area (Å²) >= 11 is 0. The van der Waals surface area contributed by atoms with Crippen molar-refractivity contribution in [2.24, 2.45) is 5.92 Å². The van der Waals surface area contributed by atoms with Gasteiger partial charge in [-0.3, -0.25) is 4.90 Å². The predicted octanol–water partition coefficient (Wildman–Crippen LogP) is 1.41. The summed E-state index contributed by atoms with van der Waals surface area (Å²) < 4.78 is 34.4. The molecular weight excluding hydrogens is 338 g/mol. The molecule has 2 heterocycles. The van der Waals surface area contributed by atoms with Gasteiger partial charge in [-0.25, -0.2) is 0 Å². The third kappa shape index (κ3) is 4.80. The van der Waals surface area contributed by atoms with E-state index in [2.05, 4.69) is 17.0 Å². The minimum Gasteiger partial charge on any atom is -0.384 e. The fraction of sp³-hybridized carbons (Fsp3) is 0.667. The second-order valence-electron chi connectivity index (χ2n) is 6.99. The van der Waals surface area contributed by atoms with Crippen molar-refractivity contribution < 1.29 is 13.2 Å². The Morgan fingerprint density at radius 3 is 2.44 bits per heavy atom. The molecule has 0 radical (unpaired) electrons. The fourth-order valence-electron chi connectivity index (χ4n) is 3.73. The van der Waals surface area contributed by atoms with Gasteiger partial charge < -0.3 is 4.74 Å². The van der Waals surface area contributed by atoms with E-state index >= 15 is 0 Å². The number of piperazine rings is 1. The zero-order valence-electron chi connectivity index (χ0n) is 15.0. The molecule has 25 heavy (non-hydrogen) atoms. The van der Waals surface area contributed by atoms with Crippen LogP contribution in [0.4, 0.5) is 0 Å². The largest absolute Gasteiger partial charge is 0.384 e. The smallest absolute Gasteiger partial charge is 0.282 e. The van der Waals surface area contributed by atoms with Crippen LogP contribution in [-0.4, -0.2) is 74.9 Å². The lowest BCUT2D eigenvalue weighted by Crippen LogP contribution is -2.54. The van der Waals surface area contributed by atoms with Crippen molar-refractivity contribution in [1.82, 2.24) is 13.5 Å². The first-order chi connectivity index (χ1) is 12.1. The molecule has 2 aliphatic heterocycles. The first-order valence-corrected chi connectivity index (χ1v) is 10.5. The van der Waals surface area contributed by atoms with Gasteiger partial charge in [0.05, 0.1) is 6.61 Å². The summed E-state index contributed by atoms with van der Waals surface area (Å²) in [5, 5.41) is 0. The highest BCUT2D eigenvalue weighted by Crippen LogP contribution is 2.22. The van der Waals surface area contributed by atoms with Crippen LogP contribution in [0.2, 0.25) is 0 Å². The SMILES string of the molecule is COCC1CCCN(S(=O)(=O)N2CCN(Cc3ccccc3)CC2)C1. The minimum atomic E-state index is -3.35. The monoisotopic (exact) mass is 367 g/mol. The van der Waals surface area contributed by atoms with E-state index in [9.17, 15) is 8.42 Å². The fourth-order valence-corrected chi connectivity index (χ4v) is 5.44. The molecule has 0 aromatic heterocycles. The zero-order valence-corrected chi connectivity index (χ0v) is 15.8. The van der Waals surface area contributed by atoms with Gasteiger partial charge in [0.1, 0.15) is 0 Å². The van der Waals surface area contributed by atoms with Gasteiger partial charge in [-0.05, 0) is 24.3 Å². The molecule has 0 bridgehead atoms. The van der Waals surface area contributed by atoms with E-state index in [0.717, 1.165) is 32.5 Å². The Morgan fingerprint density at radius 1 is 1.04 bits per heavy atom. The van der Waals surface area contributed by atoms with Crippen molar-refractivity contribution >= 4 is 10.2 Å². The summed E-state index contributed by atoms with van der Waals surface area (Å²) in [5.74, 6) is 0.313. The first kappa shape index (κ1) is 18.8. The quantitative estimate of drug-likeness (QED) is 0.763. The molecule has 7 heteroatoms. The van der Waals surface area contributed by atoms with Crippen LogP contribution < -0.4 is 0 Å². The molecule has 1 aromatic rings. The summed E-state index contributed by atoms with van der Waals surface area (Å²) in [6.07, 6.45) is 1.96. The molecule has 0 saturated carbocycles. The van der Waals surface area contributed by atoms with Gasteiger partial charge in [-0.1, -0.05) is 30.3 Å². The Morgan fingerprint density at radius 2 is 1.76 bits per heavy atom. The maximum atomic E-state index is 12.9. The van der Waals surface area contributed by atoms with E-state index in [4.69, 9.17) is 4.74 Å². The summed E-state index contributed by atoms with van der Waals surface area (Å²) in [6.45, 7) is 5.44. The number of nitrogens with zero attached hydrogens (tertiary/aromatic N) is 3. The van der Waals surface area contributed by atoms with Crippen molar-refractivity contribution in [2.45, 2.75) is 19.4 Å². The molecule has 1 unspecified atom stereocenters. The predicted molar refractivity (Wildman–Crippen MR) is 98.4 cm³/mol. The average molecular weight is 368 g/mol. The number of piperidine rings is 1. The van der Waals surface area contributed by atoms with Gasteiger partial charge in [-0.2, -0.15) is 17.0 Å². The van der Waals surface area contributed by atoms with Gasteiger partial charge in [0, 0.05) is 52.9 Å². The summed E-state index contributed by atoms with van der Waals surface area (Å²) in [4.78, 5) is 2.32. The van der Waals surface area contributed by atoms with Crippen LogP contribution in [-0.2, 0) is 21.5 Å². The molecule has 1 atom stereocenters. The molecule has 6 nitrogen and oxygen atoms in total. The van der Waals surface area contributed by atoms with E-state index in [0.29, 0.717) is 38.7 Å². The van der Waals surface area contributed by atoms with E-state index < -0.39 is 10.2 Å². The van der Waals surface area contributed by atoms with Gasteiger partial charge in [0.2, 0.25) is 0 Å². The number of hydrogen-bond donors (Lipinski definition) is 0. The third-order valence-corrected chi connectivity index (χ3v) is 7.12. The second-order valence-corrected chi connectivity index (χ2v) is 8.92. The molecule has 3 rings (SSSR count). The van der Waals surface area contributed by atoms with Crippen molar-refractivity contribution in [3.8, 4) is 0 Å². The Bertz CT molecular complexity index is 628. The molecule has 2 saturated heterocycles. The van der Waals surface area contributed by atoms with Gasteiger partial charge >= 0.3 is 0 Å². The van der Waals surface area contributed by atoms with Crippen LogP contribution in [0, 0.1) is 5.92 Å². The van der Waals surface area contributed by atoms with Crippen LogP contribution in [0.15, 0.2) is 30.3 Å². The Labute approximate surface area is 151 Å². The lowest BCUT2D eigenvalue weighted by atomic mass is 10.0. The topological polar surface area (TPSA) is 53.1 Å². The zero-order chi connectivity index (χ0) is 17.7. The van der Waals surface area contributed by atoms with Crippen LogP contribution in [0.25, 0.3) is 0 Å². The lowest BCUT2D eigenvalue weighted by molar-refractivity contribution is 0.113. The van der Waals surface area contributed by atoms with E-state index in [-0.39, 0.29) is 0 Å². The molecular formula is C18H29N3O3S. The van der Waals surface area contributed by atoms with Crippen LogP contribution in [0.5, 0.6) is 0 Å². The molecule has 0 spiro atoms. The maximum Gasteiger partial charge on any atom is 0.282 e. The first-order valence-electron chi connectivity index (χ1n) is 9.10. The molecule has 0 amide bonds.